The molecule has 7 heteroatoms. The quantitative estimate of drug-likeness (QED) is 0.692. The summed E-state index contributed by atoms with van der Waals surface area (Å²) in [7, 11) is 1.67. The summed E-state index contributed by atoms with van der Waals surface area (Å²) in [5.74, 6) is 1.00. The van der Waals surface area contributed by atoms with Gasteiger partial charge in [-0.05, 0) is 49.9 Å². The number of hydrogen-bond acceptors (Lipinski definition) is 6. The van der Waals surface area contributed by atoms with Crippen LogP contribution >= 0.6 is 0 Å². The first-order valence-corrected chi connectivity index (χ1v) is 10.0. The Bertz CT molecular complexity index is 993. The molecule has 0 bridgehead atoms. The second kappa shape index (κ2) is 8.51. The third-order valence-electron chi connectivity index (χ3n) is 5.40. The molecule has 7 nitrogen and oxygen atoms in total. The van der Waals surface area contributed by atoms with E-state index in [1.165, 1.54) is 0 Å². The van der Waals surface area contributed by atoms with E-state index in [0.29, 0.717) is 23.8 Å². The number of pyridine rings is 1. The van der Waals surface area contributed by atoms with Gasteiger partial charge in [-0.3, -0.25) is 4.79 Å². The van der Waals surface area contributed by atoms with Crippen LogP contribution in [0.4, 0.5) is 6.01 Å². The number of hydrogen-bond donors (Lipinski definition) is 1. The van der Waals surface area contributed by atoms with Crippen molar-refractivity contribution in [1.29, 1.82) is 0 Å². The van der Waals surface area contributed by atoms with Crippen molar-refractivity contribution in [3.63, 3.8) is 0 Å². The number of benzene rings is 1. The summed E-state index contributed by atoms with van der Waals surface area (Å²) >= 11 is 0. The molecule has 3 heterocycles. The zero-order chi connectivity index (χ0) is 20.2. The van der Waals surface area contributed by atoms with Gasteiger partial charge in [-0.25, -0.2) is 4.98 Å². The van der Waals surface area contributed by atoms with Gasteiger partial charge in [0, 0.05) is 31.2 Å². The van der Waals surface area contributed by atoms with Gasteiger partial charge in [-0.2, -0.15) is 4.98 Å². The normalized spacial score (nSPS) is 14.9. The molecule has 1 aliphatic rings. The summed E-state index contributed by atoms with van der Waals surface area (Å²) in [4.78, 5) is 23.6. The highest BCUT2D eigenvalue weighted by Crippen LogP contribution is 2.26. The number of aromatic nitrogens is 2. The number of piperidine rings is 1. The molecule has 29 heavy (non-hydrogen) atoms. The molecule has 0 radical (unpaired) electrons. The number of oxazole rings is 1. The molecule has 0 saturated carbocycles. The van der Waals surface area contributed by atoms with Gasteiger partial charge in [0.1, 0.15) is 5.75 Å². The van der Waals surface area contributed by atoms with E-state index in [4.69, 9.17) is 9.15 Å². The molecule has 0 atom stereocenters. The van der Waals surface area contributed by atoms with E-state index in [1.807, 2.05) is 43.3 Å². The number of fused-ring (bicyclic) bond motifs is 1. The number of para-hydroxylation sites is 1. The minimum absolute atomic E-state index is 0.0219. The molecule has 1 aromatic carbocycles. The molecule has 1 fully saturated rings. The minimum Gasteiger partial charge on any atom is -0.496 e. The van der Waals surface area contributed by atoms with Crippen molar-refractivity contribution in [3.8, 4) is 5.75 Å². The van der Waals surface area contributed by atoms with Crippen LogP contribution in [0.3, 0.4) is 0 Å². The van der Waals surface area contributed by atoms with E-state index in [2.05, 4.69) is 20.2 Å². The lowest BCUT2D eigenvalue weighted by Gasteiger charge is -2.30. The van der Waals surface area contributed by atoms with Crippen LogP contribution in [0.15, 0.2) is 40.8 Å². The summed E-state index contributed by atoms with van der Waals surface area (Å²) < 4.78 is 11.2. The Morgan fingerprint density at radius 1 is 1.21 bits per heavy atom. The van der Waals surface area contributed by atoms with Crippen molar-refractivity contribution in [2.24, 2.45) is 5.92 Å². The number of carbonyl (C=O) groups is 1. The number of carbonyl (C=O) groups excluding carboxylic acids is 1. The maximum atomic E-state index is 12.6. The zero-order valence-electron chi connectivity index (χ0n) is 16.9. The third kappa shape index (κ3) is 4.34. The second-order valence-corrected chi connectivity index (χ2v) is 7.39. The molecule has 0 aliphatic carbocycles. The maximum Gasteiger partial charge on any atom is 0.299 e. The topological polar surface area (TPSA) is 80.5 Å². The average molecular weight is 394 g/mol. The van der Waals surface area contributed by atoms with Crippen LogP contribution in [-0.2, 0) is 11.2 Å². The predicted molar refractivity (Wildman–Crippen MR) is 111 cm³/mol. The van der Waals surface area contributed by atoms with Gasteiger partial charge < -0.3 is 19.4 Å². The third-order valence-corrected chi connectivity index (χ3v) is 5.40. The van der Waals surface area contributed by atoms with Crippen LogP contribution in [0, 0.1) is 12.8 Å². The summed E-state index contributed by atoms with van der Waals surface area (Å²) in [5, 5.41) is 3.07. The van der Waals surface area contributed by atoms with Crippen LogP contribution in [-0.4, -0.2) is 42.6 Å². The van der Waals surface area contributed by atoms with Crippen molar-refractivity contribution < 1.29 is 13.9 Å². The summed E-state index contributed by atoms with van der Waals surface area (Å²) in [5.41, 5.74) is 3.35. The molecule has 152 valence electrons. The van der Waals surface area contributed by atoms with Crippen LogP contribution < -0.4 is 15.0 Å². The number of nitrogens with zero attached hydrogens (tertiary/aromatic N) is 3. The molecule has 1 saturated heterocycles. The molecule has 0 unspecified atom stereocenters. The number of ether oxygens (including phenoxy) is 1. The Morgan fingerprint density at radius 2 is 2.00 bits per heavy atom. The fourth-order valence-electron chi connectivity index (χ4n) is 3.74. The van der Waals surface area contributed by atoms with Crippen molar-refractivity contribution in [2.45, 2.75) is 26.2 Å². The molecule has 1 N–H and O–H groups in total. The maximum absolute atomic E-state index is 12.6. The highest BCUT2D eigenvalue weighted by molar-refractivity contribution is 5.79. The van der Waals surface area contributed by atoms with Gasteiger partial charge in [0.25, 0.3) is 6.01 Å². The largest absolute Gasteiger partial charge is 0.496 e. The van der Waals surface area contributed by atoms with Crippen LogP contribution in [0.5, 0.6) is 5.75 Å². The standard InChI is InChI=1S/C22H26N4O3/c1-15-7-8-19-20(24-15)25-22(29-19)26-13-10-17(11-14-26)21(27)23-12-9-16-5-3-4-6-18(16)28-2/h3-8,17H,9-14H2,1-2H3,(H,23,27). The van der Waals surface area contributed by atoms with Gasteiger partial charge in [-0.1, -0.05) is 18.2 Å². The summed E-state index contributed by atoms with van der Waals surface area (Å²) in [6.07, 6.45) is 2.32. The number of nitrogens with one attached hydrogen (secondary N) is 1. The Kier molecular flexibility index (Phi) is 5.64. The van der Waals surface area contributed by atoms with Gasteiger partial charge in [0.15, 0.2) is 5.58 Å². The van der Waals surface area contributed by atoms with Crippen LogP contribution in [0.1, 0.15) is 24.1 Å². The number of methoxy groups -OCH3 is 1. The lowest BCUT2D eigenvalue weighted by molar-refractivity contribution is -0.125. The molecule has 4 rings (SSSR count). The average Bonchev–Trinajstić information content (AvgIpc) is 3.17. The fraction of sp³-hybridized carbons (Fsp3) is 0.409. The van der Waals surface area contributed by atoms with Crippen molar-refractivity contribution in [3.05, 3.63) is 47.7 Å². The van der Waals surface area contributed by atoms with E-state index in [1.54, 1.807) is 7.11 Å². The Hall–Kier alpha value is -3.09. The first-order chi connectivity index (χ1) is 14.1. The number of rotatable bonds is 6. The molecule has 1 aliphatic heterocycles. The van der Waals surface area contributed by atoms with Crippen molar-refractivity contribution in [1.82, 2.24) is 15.3 Å². The van der Waals surface area contributed by atoms with E-state index in [0.717, 1.165) is 49.4 Å². The lowest BCUT2D eigenvalue weighted by Crippen LogP contribution is -2.41. The molecule has 0 spiro atoms. The highest BCUT2D eigenvalue weighted by Gasteiger charge is 2.27. The molecule has 1 amide bonds. The summed E-state index contributed by atoms with van der Waals surface area (Å²) in [6.45, 7) is 4.04. The monoisotopic (exact) mass is 394 g/mol. The SMILES string of the molecule is COc1ccccc1CCNC(=O)C1CCN(c2nc3nc(C)ccc3o2)CC1. The van der Waals surface area contributed by atoms with Gasteiger partial charge in [0.2, 0.25) is 11.6 Å². The molecular formula is C22H26N4O3. The number of amides is 1. The van der Waals surface area contributed by atoms with Crippen LogP contribution in [0.2, 0.25) is 0 Å². The molecule has 3 aromatic rings. The zero-order valence-corrected chi connectivity index (χ0v) is 16.9. The van der Waals surface area contributed by atoms with Gasteiger partial charge in [0.05, 0.1) is 7.11 Å². The summed E-state index contributed by atoms with van der Waals surface area (Å²) in [6, 6.07) is 12.3. The van der Waals surface area contributed by atoms with E-state index >= 15 is 0 Å². The van der Waals surface area contributed by atoms with Crippen LogP contribution in [0.25, 0.3) is 11.2 Å². The first-order valence-electron chi connectivity index (χ1n) is 10.0. The fourth-order valence-corrected chi connectivity index (χ4v) is 3.74. The first kappa shape index (κ1) is 19.2. The van der Waals surface area contributed by atoms with Crippen molar-refractivity contribution in [2.75, 3.05) is 31.6 Å². The van der Waals surface area contributed by atoms with Gasteiger partial charge >= 0.3 is 0 Å². The van der Waals surface area contributed by atoms with E-state index in [-0.39, 0.29) is 11.8 Å². The number of anilines is 1. The second-order valence-electron chi connectivity index (χ2n) is 7.39. The van der Waals surface area contributed by atoms with Gasteiger partial charge in [-0.15, -0.1) is 0 Å². The Balaban J connectivity index is 1.28. The van der Waals surface area contributed by atoms with E-state index in [9.17, 15) is 4.79 Å². The molecular weight excluding hydrogens is 368 g/mol. The molecule has 2 aromatic heterocycles. The predicted octanol–water partition coefficient (Wildman–Crippen LogP) is 3.12. The highest BCUT2D eigenvalue weighted by atomic mass is 16.5. The van der Waals surface area contributed by atoms with Crippen molar-refractivity contribution >= 4 is 23.2 Å². The van der Waals surface area contributed by atoms with E-state index < -0.39 is 0 Å². The minimum atomic E-state index is 0.0219. The lowest BCUT2D eigenvalue weighted by atomic mass is 9.96. The Morgan fingerprint density at radius 3 is 2.79 bits per heavy atom. The number of aryl methyl sites for hydroxylation is 1. The Labute approximate surface area is 170 Å². The smallest absolute Gasteiger partial charge is 0.299 e.